The van der Waals surface area contributed by atoms with Crippen LogP contribution in [0.3, 0.4) is 0 Å². The number of H-pyrrole nitrogens is 1. The highest BCUT2D eigenvalue weighted by atomic mass is 32.1. The van der Waals surface area contributed by atoms with Gasteiger partial charge in [-0.05, 0) is 24.3 Å². The molecule has 3 aromatic heterocycles. The van der Waals surface area contributed by atoms with Gasteiger partial charge in [0.15, 0.2) is 0 Å². The van der Waals surface area contributed by atoms with Crippen LogP contribution in [0.15, 0.2) is 60.8 Å². The third-order valence-corrected chi connectivity index (χ3v) is 5.53. The first kappa shape index (κ1) is 14.6. The van der Waals surface area contributed by atoms with Gasteiger partial charge >= 0.3 is 0 Å². The van der Waals surface area contributed by atoms with E-state index in [9.17, 15) is 0 Å². The molecule has 4 nitrogen and oxygen atoms in total. The standard InChI is InChI=1S/C10H9N3.C10H7NS/c1-2-4-8-7(3-1)12-9-5-11-6-10(9)13-8;1-2-4-9-7(3-1)8-5-6-11-10(8)12-9/h1-4,11H,5-6H2;1-6,11H. The van der Waals surface area contributed by atoms with Gasteiger partial charge in [-0.15, -0.1) is 11.3 Å². The van der Waals surface area contributed by atoms with Crippen LogP contribution < -0.4 is 5.32 Å². The molecule has 0 radical (unpaired) electrons. The van der Waals surface area contributed by atoms with Gasteiger partial charge in [0.1, 0.15) is 4.83 Å². The van der Waals surface area contributed by atoms with Crippen molar-refractivity contribution >= 4 is 42.7 Å². The Morgan fingerprint density at radius 1 is 0.760 bits per heavy atom. The Morgan fingerprint density at radius 2 is 1.44 bits per heavy atom. The number of thiophene rings is 1. The van der Waals surface area contributed by atoms with E-state index in [2.05, 4.69) is 50.6 Å². The molecule has 0 amide bonds. The third-order valence-electron chi connectivity index (χ3n) is 4.41. The van der Waals surface area contributed by atoms with Gasteiger partial charge in [-0.1, -0.05) is 30.3 Å². The largest absolute Gasteiger partial charge is 0.353 e. The Kier molecular flexibility index (Phi) is 3.47. The topological polar surface area (TPSA) is 53.6 Å². The van der Waals surface area contributed by atoms with E-state index in [0.29, 0.717) is 0 Å². The molecule has 2 N–H and O–H groups in total. The average Bonchev–Trinajstić information content (AvgIpc) is 3.35. The minimum Gasteiger partial charge on any atom is -0.353 e. The van der Waals surface area contributed by atoms with Gasteiger partial charge in [-0.3, -0.25) is 0 Å². The van der Waals surface area contributed by atoms with Crippen LogP contribution in [-0.2, 0) is 13.1 Å². The summed E-state index contributed by atoms with van der Waals surface area (Å²) in [6, 6.07) is 18.6. The van der Waals surface area contributed by atoms with Crippen molar-refractivity contribution < 1.29 is 0 Å². The molecule has 0 aliphatic carbocycles. The maximum absolute atomic E-state index is 4.53. The Bertz CT molecular complexity index is 1140. The highest BCUT2D eigenvalue weighted by Gasteiger charge is 2.13. The minimum atomic E-state index is 0.854. The zero-order valence-corrected chi connectivity index (χ0v) is 14.3. The smallest absolute Gasteiger partial charge is 0.101 e. The van der Waals surface area contributed by atoms with Gasteiger partial charge in [-0.2, -0.15) is 0 Å². The Morgan fingerprint density at radius 3 is 2.20 bits per heavy atom. The monoisotopic (exact) mass is 344 g/mol. The van der Waals surface area contributed by atoms with Crippen LogP contribution >= 0.6 is 11.3 Å². The van der Waals surface area contributed by atoms with Crippen molar-refractivity contribution in [2.45, 2.75) is 13.1 Å². The number of hydrogen-bond donors (Lipinski definition) is 2. The molecule has 0 saturated carbocycles. The Labute approximate surface area is 148 Å². The van der Waals surface area contributed by atoms with Gasteiger partial charge in [0.25, 0.3) is 0 Å². The molecule has 0 saturated heterocycles. The number of para-hydroxylation sites is 2. The number of nitrogens with zero attached hydrogens (tertiary/aromatic N) is 2. The van der Waals surface area contributed by atoms with Crippen LogP contribution in [0.4, 0.5) is 0 Å². The van der Waals surface area contributed by atoms with Crippen LogP contribution in [0.25, 0.3) is 31.3 Å². The van der Waals surface area contributed by atoms with Gasteiger partial charge in [-0.25, -0.2) is 9.97 Å². The normalized spacial score (nSPS) is 13.1. The molecule has 4 heterocycles. The number of hydrogen-bond acceptors (Lipinski definition) is 4. The SMILES string of the molecule is c1ccc2c(c1)sc1[nH]ccc12.c1ccc2nc3c(nc2c1)CNC3. The number of aromatic nitrogens is 3. The van der Waals surface area contributed by atoms with Gasteiger partial charge in [0, 0.05) is 34.8 Å². The van der Waals surface area contributed by atoms with Crippen molar-refractivity contribution in [3.63, 3.8) is 0 Å². The highest BCUT2D eigenvalue weighted by Crippen LogP contribution is 2.32. The number of aromatic amines is 1. The summed E-state index contributed by atoms with van der Waals surface area (Å²) in [6.45, 7) is 1.71. The van der Waals surface area contributed by atoms with E-state index in [1.807, 2.05) is 41.8 Å². The summed E-state index contributed by atoms with van der Waals surface area (Å²) >= 11 is 1.81. The van der Waals surface area contributed by atoms with Gasteiger partial charge < -0.3 is 10.3 Å². The molecular weight excluding hydrogens is 328 g/mol. The van der Waals surface area contributed by atoms with Crippen LogP contribution in [0.1, 0.15) is 11.4 Å². The lowest BCUT2D eigenvalue weighted by molar-refractivity contribution is 0.753. The van der Waals surface area contributed by atoms with Crippen molar-refractivity contribution in [3.8, 4) is 0 Å². The molecule has 1 aliphatic rings. The first-order chi connectivity index (χ1) is 12.4. The quantitative estimate of drug-likeness (QED) is 0.431. The second-order valence-corrected chi connectivity index (χ2v) is 7.08. The fourth-order valence-electron chi connectivity index (χ4n) is 3.19. The van der Waals surface area contributed by atoms with Crippen molar-refractivity contribution in [2.75, 3.05) is 0 Å². The molecule has 0 unspecified atom stereocenters. The summed E-state index contributed by atoms with van der Waals surface area (Å²) in [7, 11) is 0. The number of benzene rings is 2. The summed E-state index contributed by atoms with van der Waals surface area (Å²) in [5.41, 5.74) is 4.17. The van der Waals surface area contributed by atoms with E-state index >= 15 is 0 Å². The second kappa shape index (κ2) is 5.95. The summed E-state index contributed by atoms with van der Waals surface area (Å²) < 4.78 is 1.36. The van der Waals surface area contributed by atoms with Crippen molar-refractivity contribution in [3.05, 3.63) is 72.2 Å². The summed E-state index contributed by atoms with van der Waals surface area (Å²) in [5.74, 6) is 0. The third kappa shape index (κ3) is 2.58. The fourth-order valence-corrected chi connectivity index (χ4v) is 4.26. The van der Waals surface area contributed by atoms with E-state index in [1.165, 1.54) is 20.3 Å². The number of nitrogens with one attached hydrogen (secondary N) is 2. The molecule has 0 spiro atoms. The maximum atomic E-state index is 4.53. The lowest BCUT2D eigenvalue weighted by Crippen LogP contribution is -2.00. The van der Waals surface area contributed by atoms with Crippen LogP contribution in [-0.4, -0.2) is 15.0 Å². The zero-order valence-electron chi connectivity index (χ0n) is 13.5. The van der Waals surface area contributed by atoms with Gasteiger partial charge in [0.2, 0.25) is 0 Å². The van der Waals surface area contributed by atoms with E-state index in [0.717, 1.165) is 35.5 Å². The molecule has 5 aromatic rings. The Balaban J connectivity index is 0.000000112. The molecule has 2 aromatic carbocycles. The average molecular weight is 344 g/mol. The lowest BCUT2D eigenvalue weighted by atomic mass is 10.2. The van der Waals surface area contributed by atoms with Crippen molar-refractivity contribution in [1.82, 2.24) is 20.3 Å². The highest BCUT2D eigenvalue weighted by molar-refractivity contribution is 7.25. The fraction of sp³-hybridized carbons (Fsp3) is 0.100. The molecule has 122 valence electrons. The predicted octanol–water partition coefficient (Wildman–Crippen LogP) is 4.62. The maximum Gasteiger partial charge on any atom is 0.101 e. The van der Waals surface area contributed by atoms with E-state index in [1.54, 1.807) is 0 Å². The minimum absolute atomic E-state index is 0.854. The van der Waals surface area contributed by atoms with E-state index in [-0.39, 0.29) is 0 Å². The molecule has 0 atom stereocenters. The number of rotatable bonds is 0. The molecule has 25 heavy (non-hydrogen) atoms. The second-order valence-electron chi connectivity index (χ2n) is 6.03. The zero-order chi connectivity index (χ0) is 16.6. The van der Waals surface area contributed by atoms with E-state index in [4.69, 9.17) is 0 Å². The first-order valence-corrected chi connectivity index (χ1v) is 9.10. The number of fused-ring (bicyclic) bond motifs is 5. The molecule has 1 aliphatic heterocycles. The molecule has 0 fully saturated rings. The van der Waals surface area contributed by atoms with Crippen LogP contribution in [0.5, 0.6) is 0 Å². The molecular formula is C20H16N4S. The van der Waals surface area contributed by atoms with E-state index < -0.39 is 0 Å². The van der Waals surface area contributed by atoms with Crippen molar-refractivity contribution in [2.24, 2.45) is 0 Å². The lowest BCUT2D eigenvalue weighted by Gasteiger charge is -1.99. The predicted molar refractivity (Wildman–Crippen MR) is 104 cm³/mol. The van der Waals surface area contributed by atoms with Gasteiger partial charge in [0.05, 0.1) is 22.4 Å². The van der Waals surface area contributed by atoms with Crippen LogP contribution in [0.2, 0.25) is 0 Å². The Hall–Kier alpha value is -2.76. The summed E-state index contributed by atoms with van der Waals surface area (Å²) in [4.78, 5) is 13.6. The first-order valence-electron chi connectivity index (χ1n) is 8.28. The summed E-state index contributed by atoms with van der Waals surface area (Å²) in [5, 5.41) is 5.94. The van der Waals surface area contributed by atoms with Crippen molar-refractivity contribution in [1.29, 1.82) is 0 Å². The molecule has 0 bridgehead atoms. The molecule has 6 rings (SSSR count). The molecule has 5 heteroatoms. The summed E-state index contributed by atoms with van der Waals surface area (Å²) in [6.07, 6.45) is 1.99. The van der Waals surface area contributed by atoms with Crippen LogP contribution in [0, 0.1) is 0 Å².